The number of pyridine rings is 2. The maximum absolute atomic E-state index is 14.9. The van der Waals surface area contributed by atoms with Crippen LogP contribution in [0.3, 0.4) is 0 Å². The number of H-pyrrole nitrogens is 1. The molecule has 0 unspecified atom stereocenters. The highest BCUT2D eigenvalue weighted by Gasteiger charge is 2.40. The smallest absolute Gasteiger partial charge is 0.279 e. The van der Waals surface area contributed by atoms with Gasteiger partial charge in [0.25, 0.3) is 17.9 Å². The Morgan fingerprint density at radius 2 is 1.93 bits per heavy atom. The molecule has 226 valence electrons. The number of rotatable bonds is 10. The highest BCUT2D eigenvalue weighted by atomic mass is 32.2. The molecule has 1 atom stereocenters. The zero-order chi connectivity index (χ0) is 29.5. The average Bonchev–Trinajstić information content (AvgIpc) is 3.71. The number of nitrogens with zero attached hydrogens (tertiary/aromatic N) is 3. The van der Waals surface area contributed by atoms with Crippen molar-refractivity contribution >= 4 is 28.7 Å². The minimum Gasteiger partial charge on any atom is -0.372 e. The highest BCUT2D eigenvalue weighted by Crippen LogP contribution is 2.42. The zero-order valence-electron chi connectivity index (χ0n) is 24.4. The molecule has 0 bridgehead atoms. The van der Waals surface area contributed by atoms with Gasteiger partial charge in [-0.2, -0.15) is 0 Å². The number of aromatic nitrogens is 3. The van der Waals surface area contributed by atoms with Gasteiger partial charge in [-0.3, -0.25) is 14.5 Å². The molecular formula is C31H39F2N5O3S. The van der Waals surface area contributed by atoms with Gasteiger partial charge >= 0.3 is 0 Å². The van der Waals surface area contributed by atoms with Gasteiger partial charge in [-0.15, -0.1) is 11.8 Å². The standard InChI is InChI=1S/C31H39F2N5O3S/c1-17-13-25(42-3)24(30(39)36-17)14-35-31(40)26-23-5-4-12-34-29(23)38(27(26)28(32)33)18(2)19-6-8-20(9-7-19)37-15-22(16-37)41-21-10-11-21/h4-5,12-13,18-22,28H,6-11,14-16H2,1-3H3,(H,35,40)(H,36,39)/t18-,19?,20?/m1/s1. The van der Waals surface area contributed by atoms with Crippen LogP contribution in [0.15, 0.2) is 34.1 Å². The SMILES string of the molecule is CSc1cc(C)[nH]c(=O)c1CNC(=O)c1c(C(F)F)n([C@H](C)C2CCC(N3CC(OC4CC4)C3)CC2)c2ncccc12. The molecule has 1 aliphatic heterocycles. The van der Waals surface area contributed by atoms with E-state index in [1.54, 1.807) is 29.8 Å². The molecule has 2 N–H and O–H groups in total. The topological polar surface area (TPSA) is 92.2 Å². The maximum Gasteiger partial charge on any atom is 0.279 e. The average molecular weight is 600 g/mol. The molecule has 3 aliphatic rings. The maximum atomic E-state index is 14.9. The number of carbonyl (C=O) groups is 1. The van der Waals surface area contributed by atoms with Crippen LogP contribution in [0, 0.1) is 12.8 Å². The monoisotopic (exact) mass is 599 g/mol. The number of ether oxygens (including phenoxy) is 1. The van der Waals surface area contributed by atoms with Crippen LogP contribution in [-0.4, -0.2) is 62.9 Å². The number of fused-ring (bicyclic) bond motifs is 1. The van der Waals surface area contributed by atoms with E-state index >= 15 is 0 Å². The van der Waals surface area contributed by atoms with E-state index in [2.05, 4.69) is 20.2 Å². The minimum atomic E-state index is -2.87. The fourth-order valence-corrected chi connectivity index (χ4v) is 7.51. The van der Waals surface area contributed by atoms with E-state index in [9.17, 15) is 18.4 Å². The summed E-state index contributed by atoms with van der Waals surface area (Å²) in [7, 11) is 0. The van der Waals surface area contributed by atoms with Crippen molar-refractivity contribution in [1.82, 2.24) is 24.8 Å². The molecule has 6 rings (SSSR count). The van der Waals surface area contributed by atoms with Gasteiger partial charge in [0.1, 0.15) is 5.65 Å². The van der Waals surface area contributed by atoms with E-state index in [1.165, 1.54) is 24.6 Å². The normalized spacial score (nSPS) is 22.4. The molecule has 0 aromatic carbocycles. The van der Waals surface area contributed by atoms with Crippen molar-refractivity contribution in [3.05, 3.63) is 57.3 Å². The molecule has 4 heterocycles. The van der Waals surface area contributed by atoms with Crippen molar-refractivity contribution in [2.75, 3.05) is 19.3 Å². The highest BCUT2D eigenvalue weighted by molar-refractivity contribution is 7.98. The van der Waals surface area contributed by atoms with Crippen LogP contribution in [0.25, 0.3) is 11.0 Å². The molecule has 3 aromatic rings. The molecular weight excluding hydrogens is 560 g/mol. The minimum absolute atomic E-state index is 0.0647. The molecule has 3 fully saturated rings. The number of nitrogens with one attached hydrogen (secondary N) is 2. The van der Waals surface area contributed by atoms with Crippen LogP contribution in [-0.2, 0) is 11.3 Å². The van der Waals surface area contributed by atoms with Crippen LogP contribution in [0.5, 0.6) is 0 Å². The van der Waals surface area contributed by atoms with Gasteiger partial charge in [0.15, 0.2) is 0 Å². The second-order valence-electron chi connectivity index (χ2n) is 12.0. The predicted molar refractivity (Wildman–Crippen MR) is 159 cm³/mol. The molecule has 1 amide bonds. The number of halogens is 2. The number of aromatic amines is 1. The lowest BCUT2D eigenvalue weighted by atomic mass is 9.80. The van der Waals surface area contributed by atoms with Gasteiger partial charge in [-0.05, 0) is 82.7 Å². The Kier molecular flexibility index (Phi) is 8.44. The first kappa shape index (κ1) is 29.3. The summed E-state index contributed by atoms with van der Waals surface area (Å²) >= 11 is 1.40. The number of hydrogen-bond acceptors (Lipinski definition) is 6. The molecule has 0 radical (unpaired) electrons. The van der Waals surface area contributed by atoms with E-state index in [0.29, 0.717) is 40.5 Å². The van der Waals surface area contributed by atoms with E-state index in [1.807, 2.05) is 19.2 Å². The number of likely N-dealkylation sites (tertiary alicyclic amines) is 1. The number of aryl methyl sites for hydroxylation is 1. The number of thioether (sulfide) groups is 1. The van der Waals surface area contributed by atoms with Crippen molar-refractivity contribution in [2.45, 2.75) is 94.5 Å². The molecule has 11 heteroatoms. The van der Waals surface area contributed by atoms with Crippen molar-refractivity contribution in [3.63, 3.8) is 0 Å². The van der Waals surface area contributed by atoms with Crippen LogP contribution >= 0.6 is 11.8 Å². The summed E-state index contributed by atoms with van der Waals surface area (Å²) in [4.78, 5) is 36.7. The third-order valence-corrected chi connectivity index (χ3v) is 10.0. The van der Waals surface area contributed by atoms with Gasteiger partial charge in [0, 0.05) is 59.5 Å². The van der Waals surface area contributed by atoms with E-state index < -0.39 is 12.3 Å². The van der Waals surface area contributed by atoms with Crippen molar-refractivity contribution in [1.29, 1.82) is 0 Å². The Bertz CT molecular complexity index is 1510. The van der Waals surface area contributed by atoms with Crippen molar-refractivity contribution in [2.24, 2.45) is 5.92 Å². The lowest BCUT2D eigenvalue weighted by molar-refractivity contribution is -0.0864. The largest absolute Gasteiger partial charge is 0.372 e. The third kappa shape index (κ3) is 5.75. The van der Waals surface area contributed by atoms with Gasteiger partial charge in [-0.25, -0.2) is 13.8 Å². The quantitative estimate of drug-likeness (QED) is 0.295. The van der Waals surface area contributed by atoms with Crippen molar-refractivity contribution in [3.8, 4) is 0 Å². The molecule has 42 heavy (non-hydrogen) atoms. The summed E-state index contributed by atoms with van der Waals surface area (Å²) in [6, 6.07) is 5.45. The Morgan fingerprint density at radius 1 is 1.19 bits per heavy atom. The summed E-state index contributed by atoms with van der Waals surface area (Å²) in [5, 5.41) is 3.16. The lowest BCUT2D eigenvalue weighted by Gasteiger charge is -2.47. The Hall–Kier alpha value is -2.76. The van der Waals surface area contributed by atoms with Crippen LogP contribution in [0.2, 0.25) is 0 Å². The number of carbonyl (C=O) groups excluding carboxylic acids is 1. The Morgan fingerprint density at radius 3 is 2.60 bits per heavy atom. The lowest BCUT2D eigenvalue weighted by Crippen LogP contribution is -2.57. The first-order valence-electron chi connectivity index (χ1n) is 15.0. The molecule has 0 spiro atoms. The molecule has 3 aromatic heterocycles. The van der Waals surface area contributed by atoms with E-state index in [4.69, 9.17) is 4.74 Å². The van der Waals surface area contributed by atoms with Gasteiger partial charge < -0.3 is 19.6 Å². The zero-order valence-corrected chi connectivity index (χ0v) is 25.2. The molecule has 2 saturated carbocycles. The second kappa shape index (κ2) is 12.1. The Labute approximate surface area is 248 Å². The summed E-state index contributed by atoms with van der Waals surface area (Å²) in [6.07, 6.45) is 7.71. The van der Waals surface area contributed by atoms with Crippen LogP contribution < -0.4 is 10.9 Å². The molecule has 8 nitrogen and oxygen atoms in total. The predicted octanol–water partition coefficient (Wildman–Crippen LogP) is 5.61. The fourth-order valence-electron chi connectivity index (χ4n) is 6.80. The summed E-state index contributed by atoms with van der Waals surface area (Å²) < 4.78 is 37.3. The van der Waals surface area contributed by atoms with Gasteiger partial charge in [0.05, 0.1) is 23.5 Å². The summed E-state index contributed by atoms with van der Waals surface area (Å²) in [5.74, 6) is -0.437. The summed E-state index contributed by atoms with van der Waals surface area (Å²) in [5.41, 5.74) is 0.846. The molecule has 1 saturated heterocycles. The number of amides is 1. The first-order valence-corrected chi connectivity index (χ1v) is 16.2. The first-order chi connectivity index (χ1) is 20.2. The number of alkyl halides is 2. The number of hydrogen-bond donors (Lipinski definition) is 2. The van der Waals surface area contributed by atoms with E-state index in [0.717, 1.165) is 43.7 Å². The molecule has 2 aliphatic carbocycles. The van der Waals surface area contributed by atoms with E-state index in [-0.39, 0.29) is 35.3 Å². The van der Waals surface area contributed by atoms with Crippen LogP contribution in [0.1, 0.15) is 85.2 Å². The van der Waals surface area contributed by atoms with Gasteiger partial charge in [0.2, 0.25) is 0 Å². The fraction of sp³-hybridized carbons (Fsp3) is 0.581. The third-order valence-electron chi connectivity index (χ3n) is 9.24. The second-order valence-corrected chi connectivity index (χ2v) is 12.9. The summed E-state index contributed by atoms with van der Waals surface area (Å²) in [6.45, 7) is 5.69. The van der Waals surface area contributed by atoms with Crippen molar-refractivity contribution < 1.29 is 18.3 Å². The Balaban J connectivity index is 1.21. The van der Waals surface area contributed by atoms with Crippen LogP contribution in [0.4, 0.5) is 8.78 Å². The van der Waals surface area contributed by atoms with Gasteiger partial charge in [-0.1, -0.05) is 0 Å².